The van der Waals surface area contributed by atoms with Gasteiger partial charge >= 0.3 is 5.97 Å². The van der Waals surface area contributed by atoms with Crippen LogP contribution in [0.1, 0.15) is 45.7 Å². The van der Waals surface area contributed by atoms with E-state index in [0.29, 0.717) is 13.0 Å². The van der Waals surface area contributed by atoms with Crippen LogP contribution in [0.25, 0.3) is 0 Å². The molecule has 7 nitrogen and oxygen atoms in total. The molecule has 0 bridgehead atoms. The molecule has 2 aromatic rings. The van der Waals surface area contributed by atoms with Crippen LogP contribution in [0.15, 0.2) is 47.1 Å². The maximum Gasteiger partial charge on any atom is 0.335 e. The molecular formula is C19H20N2O5. The molecule has 2 heterocycles. The van der Waals surface area contributed by atoms with Gasteiger partial charge in [-0.25, -0.2) is 4.79 Å². The van der Waals surface area contributed by atoms with Gasteiger partial charge in [0.15, 0.2) is 5.76 Å². The van der Waals surface area contributed by atoms with Crippen LogP contribution in [0, 0.1) is 0 Å². The quantitative estimate of drug-likeness (QED) is 0.856. The molecule has 2 N–H and O–H groups in total. The number of nitrogens with zero attached hydrogens (tertiary/aromatic N) is 1. The van der Waals surface area contributed by atoms with Gasteiger partial charge in [0.05, 0.1) is 11.8 Å². The standard InChI is InChI=1S/C19H20N2O5/c22-17(20-12-13-6-8-14(9-7-13)19(24)25)15-4-1-2-10-21(15)18(23)16-5-3-11-26-16/h3,5-9,11,15H,1-2,4,10,12H2,(H,20,22)(H,24,25). The van der Waals surface area contributed by atoms with E-state index in [1.54, 1.807) is 29.2 Å². The van der Waals surface area contributed by atoms with Crippen LogP contribution in [0.5, 0.6) is 0 Å². The van der Waals surface area contributed by atoms with Gasteiger partial charge < -0.3 is 19.7 Å². The van der Waals surface area contributed by atoms with E-state index >= 15 is 0 Å². The summed E-state index contributed by atoms with van der Waals surface area (Å²) >= 11 is 0. The summed E-state index contributed by atoms with van der Waals surface area (Å²) in [7, 11) is 0. The van der Waals surface area contributed by atoms with Crippen molar-refractivity contribution in [1.82, 2.24) is 10.2 Å². The number of carboxylic acid groups (broad SMARTS) is 1. The molecule has 1 aliphatic heterocycles. The monoisotopic (exact) mass is 356 g/mol. The minimum atomic E-state index is -0.991. The molecular weight excluding hydrogens is 336 g/mol. The number of carbonyl (C=O) groups excluding carboxylic acids is 2. The van der Waals surface area contributed by atoms with Gasteiger partial charge in [-0.3, -0.25) is 9.59 Å². The normalized spacial score (nSPS) is 16.9. The minimum Gasteiger partial charge on any atom is -0.478 e. The third kappa shape index (κ3) is 3.93. The van der Waals surface area contributed by atoms with Crippen molar-refractivity contribution in [1.29, 1.82) is 0 Å². The van der Waals surface area contributed by atoms with E-state index in [4.69, 9.17) is 9.52 Å². The van der Waals surface area contributed by atoms with Crippen molar-refractivity contribution in [2.24, 2.45) is 0 Å². The SMILES string of the molecule is O=C(O)c1ccc(CNC(=O)C2CCCCN2C(=O)c2ccco2)cc1. The first-order chi connectivity index (χ1) is 12.6. The number of carboxylic acids is 1. The molecule has 0 aliphatic carbocycles. The highest BCUT2D eigenvalue weighted by atomic mass is 16.4. The second kappa shape index (κ2) is 7.86. The van der Waals surface area contributed by atoms with Crippen LogP contribution in [-0.4, -0.2) is 40.4 Å². The molecule has 1 atom stereocenters. The van der Waals surface area contributed by atoms with Crippen molar-refractivity contribution in [2.45, 2.75) is 31.8 Å². The number of hydrogen-bond acceptors (Lipinski definition) is 4. The number of likely N-dealkylation sites (tertiary alicyclic amines) is 1. The number of benzene rings is 1. The minimum absolute atomic E-state index is 0.197. The van der Waals surface area contributed by atoms with Gasteiger partial charge in [0, 0.05) is 13.1 Å². The fraction of sp³-hybridized carbons (Fsp3) is 0.316. The lowest BCUT2D eigenvalue weighted by Gasteiger charge is -2.34. The number of nitrogens with one attached hydrogen (secondary N) is 1. The van der Waals surface area contributed by atoms with Gasteiger partial charge in [-0.2, -0.15) is 0 Å². The highest BCUT2D eigenvalue weighted by Gasteiger charge is 2.33. The van der Waals surface area contributed by atoms with Gasteiger partial charge in [0.1, 0.15) is 6.04 Å². The van der Waals surface area contributed by atoms with E-state index in [9.17, 15) is 14.4 Å². The van der Waals surface area contributed by atoms with Crippen molar-refractivity contribution >= 4 is 17.8 Å². The fourth-order valence-electron chi connectivity index (χ4n) is 3.06. The molecule has 1 aromatic carbocycles. The zero-order valence-electron chi connectivity index (χ0n) is 14.2. The lowest BCUT2D eigenvalue weighted by atomic mass is 10.0. The second-order valence-corrected chi connectivity index (χ2v) is 6.21. The molecule has 1 aromatic heterocycles. The van der Waals surface area contributed by atoms with Crippen LogP contribution in [0.3, 0.4) is 0 Å². The van der Waals surface area contributed by atoms with E-state index in [0.717, 1.165) is 18.4 Å². The number of hydrogen-bond donors (Lipinski definition) is 2. The van der Waals surface area contributed by atoms with Crippen molar-refractivity contribution in [3.05, 3.63) is 59.5 Å². The van der Waals surface area contributed by atoms with Crippen molar-refractivity contribution < 1.29 is 23.9 Å². The summed E-state index contributed by atoms with van der Waals surface area (Å²) in [6, 6.07) is 9.03. The smallest absolute Gasteiger partial charge is 0.335 e. The summed E-state index contributed by atoms with van der Waals surface area (Å²) in [4.78, 5) is 37.6. The maximum atomic E-state index is 12.6. The zero-order valence-corrected chi connectivity index (χ0v) is 14.2. The van der Waals surface area contributed by atoms with E-state index in [1.165, 1.54) is 18.4 Å². The van der Waals surface area contributed by atoms with E-state index < -0.39 is 12.0 Å². The van der Waals surface area contributed by atoms with Gasteiger partial charge in [-0.1, -0.05) is 12.1 Å². The Morgan fingerprint density at radius 2 is 1.92 bits per heavy atom. The molecule has 26 heavy (non-hydrogen) atoms. The van der Waals surface area contributed by atoms with Crippen LogP contribution >= 0.6 is 0 Å². The summed E-state index contributed by atoms with van der Waals surface area (Å²) < 4.78 is 5.17. The molecule has 0 saturated carbocycles. The highest BCUT2D eigenvalue weighted by Crippen LogP contribution is 2.20. The summed E-state index contributed by atoms with van der Waals surface area (Å²) in [6.45, 7) is 0.795. The van der Waals surface area contributed by atoms with Gasteiger partial charge in [0.25, 0.3) is 5.91 Å². The molecule has 0 spiro atoms. The zero-order chi connectivity index (χ0) is 18.5. The summed E-state index contributed by atoms with van der Waals surface area (Å²) in [5.74, 6) is -1.25. The Morgan fingerprint density at radius 3 is 2.58 bits per heavy atom. The van der Waals surface area contributed by atoms with Gasteiger partial charge in [-0.05, 0) is 49.1 Å². The van der Waals surface area contributed by atoms with E-state index in [2.05, 4.69) is 5.32 Å². The number of piperidine rings is 1. The Morgan fingerprint density at radius 1 is 1.15 bits per heavy atom. The largest absolute Gasteiger partial charge is 0.478 e. The second-order valence-electron chi connectivity index (χ2n) is 6.21. The van der Waals surface area contributed by atoms with Gasteiger partial charge in [0.2, 0.25) is 5.91 Å². The topological polar surface area (TPSA) is 99.9 Å². The average Bonchev–Trinajstić information content (AvgIpc) is 3.20. The molecule has 2 amide bonds. The van der Waals surface area contributed by atoms with Crippen LogP contribution in [0.4, 0.5) is 0 Å². The molecule has 0 radical (unpaired) electrons. The first-order valence-corrected chi connectivity index (χ1v) is 8.50. The van der Waals surface area contributed by atoms with Crippen LogP contribution in [-0.2, 0) is 11.3 Å². The molecule has 1 saturated heterocycles. The van der Waals surface area contributed by atoms with Crippen molar-refractivity contribution in [3.63, 3.8) is 0 Å². The third-order valence-electron chi connectivity index (χ3n) is 4.47. The highest BCUT2D eigenvalue weighted by molar-refractivity contribution is 5.95. The summed E-state index contributed by atoms with van der Waals surface area (Å²) in [5, 5.41) is 11.7. The third-order valence-corrected chi connectivity index (χ3v) is 4.47. The molecule has 1 fully saturated rings. The summed E-state index contributed by atoms with van der Waals surface area (Å²) in [6.07, 6.45) is 3.78. The lowest BCUT2D eigenvalue weighted by molar-refractivity contribution is -0.126. The molecule has 7 heteroatoms. The fourth-order valence-corrected chi connectivity index (χ4v) is 3.06. The Kier molecular flexibility index (Phi) is 5.36. The maximum absolute atomic E-state index is 12.6. The Balaban J connectivity index is 1.63. The van der Waals surface area contributed by atoms with E-state index in [-0.39, 0.29) is 29.7 Å². The van der Waals surface area contributed by atoms with Crippen molar-refractivity contribution in [3.8, 4) is 0 Å². The predicted octanol–water partition coefficient (Wildman–Crippen LogP) is 2.29. The number of amides is 2. The number of carbonyl (C=O) groups is 3. The summed E-state index contributed by atoms with van der Waals surface area (Å²) in [5.41, 5.74) is 0.991. The lowest BCUT2D eigenvalue weighted by Crippen LogP contribution is -2.51. The number of furan rings is 1. The Bertz CT molecular complexity index is 783. The molecule has 1 aliphatic rings. The number of aromatic carboxylic acids is 1. The molecule has 136 valence electrons. The molecule has 1 unspecified atom stereocenters. The van der Waals surface area contributed by atoms with Gasteiger partial charge in [-0.15, -0.1) is 0 Å². The van der Waals surface area contributed by atoms with Crippen LogP contribution in [0.2, 0.25) is 0 Å². The first kappa shape index (κ1) is 17.7. The number of rotatable bonds is 5. The average molecular weight is 356 g/mol. The van der Waals surface area contributed by atoms with Crippen LogP contribution < -0.4 is 5.32 Å². The first-order valence-electron chi connectivity index (χ1n) is 8.50. The molecule has 3 rings (SSSR count). The van der Waals surface area contributed by atoms with E-state index in [1.807, 2.05) is 0 Å². The van der Waals surface area contributed by atoms with Crippen molar-refractivity contribution in [2.75, 3.05) is 6.54 Å². The Hall–Kier alpha value is -3.09. The predicted molar refractivity (Wildman–Crippen MR) is 92.6 cm³/mol. The Labute approximate surface area is 150 Å².